The lowest BCUT2D eigenvalue weighted by atomic mass is 9.74. The first-order valence-electron chi connectivity index (χ1n) is 22.7. The van der Waals surface area contributed by atoms with Crippen LogP contribution in [0.4, 0.5) is 0 Å². The maximum absolute atomic E-state index is 13.1. The van der Waals surface area contributed by atoms with Crippen LogP contribution in [0, 0.1) is 17.8 Å². The standard InChI is InChI=1S/C30H38N2O3.C21H28N2O4/c1-3-35-29(34)30(17-21-31(22-18-30)19-7-11-25-9-5-4-6-10-25)16-8-20-32-27-23-24(2)12-13-26(27)14-15-28(32)33;1-3-27-20(25)21(10-12-22-13-11-21)9-4-14-23-18-15-17(26-2)7-5-16(18)6-8-19(23)24/h4-6,9-10,12-15,23H,3,7-8,11,16-22H2,1-2H3;5-8,15,22H,3-4,9-14H2,1-2H3. The lowest BCUT2D eigenvalue weighted by Crippen LogP contribution is -2.45. The van der Waals surface area contributed by atoms with Crippen molar-refractivity contribution in [3.63, 3.8) is 0 Å². The van der Waals surface area contributed by atoms with Gasteiger partial charge in [0.2, 0.25) is 0 Å². The van der Waals surface area contributed by atoms with E-state index in [1.54, 1.807) is 23.8 Å². The molecular weight excluding hydrogens is 781 g/mol. The summed E-state index contributed by atoms with van der Waals surface area (Å²) in [5.74, 6) is 0.562. The van der Waals surface area contributed by atoms with Crippen LogP contribution in [0.3, 0.4) is 0 Å². The van der Waals surface area contributed by atoms with E-state index in [9.17, 15) is 19.2 Å². The Morgan fingerprint density at radius 1 is 0.645 bits per heavy atom. The molecular formula is C51H66N4O7. The number of ether oxygens (including phenoxy) is 3. The maximum Gasteiger partial charge on any atom is 0.312 e. The van der Waals surface area contributed by atoms with Gasteiger partial charge in [-0.05, 0) is 170 Å². The van der Waals surface area contributed by atoms with Crippen molar-refractivity contribution in [3.05, 3.63) is 123 Å². The summed E-state index contributed by atoms with van der Waals surface area (Å²) in [5.41, 5.74) is 3.44. The molecule has 62 heavy (non-hydrogen) atoms. The first-order valence-corrected chi connectivity index (χ1v) is 22.7. The van der Waals surface area contributed by atoms with Crippen molar-refractivity contribution in [1.82, 2.24) is 19.4 Å². The fourth-order valence-corrected chi connectivity index (χ4v) is 9.35. The van der Waals surface area contributed by atoms with Crippen molar-refractivity contribution in [2.45, 2.75) is 98.1 Å². The van der Waals surface area contributed by atoms with Gasteiger partial charge in [-0.15, -0.1) is 0 Å². The van der Waals surface area contributed by atoms with E-state index in [2.05, 4.69) is 58.7 Å². The number of hydrogen-bond donors (Lipinski definition) is 1. The van der Waals surface area contributed by atoms with E-state index < -0.39 is 10.8 Å². The molecule has 4 heterocycles. The molecule has 0 radical (unpaired) electrons. The van der Waals surface area contributed by atoms with Gasteiger partial charge in [-0.3, -0.25) is 19.2 Å². The van der Waals surface area contributed by atoms with Crippen molar-refractivity contribution >= 4 is 33.7 Å². The summed E-state index contributed by atoms with van der Waals surface area (Å²) in [6.45, 7) is 12.3. The SMILES string of the molecule is CCOC(=O)C1(CCCn2c(=O)ccc3ccc(C)cc32)CCN(CCCc2ccccc2)CC1.CCOC(=O)C1(CCCn2c(=O)ccc3ccc(OC)cc32)CCNCC1. The number of esters is 2. The molecule has 0 spiro atoms. The number of piperidine rings is 2. The Bertz CT molecular complexity index is 2360. The van der Waals surface area contributed by atoms with Crippen LogP contribution >= 0.6 is 0 Å². The van der Waals surface area contributed by atoms with E-state index in [4.69, 9.17) is 14.2 Å². The van der Waals surface area contributed by atoms with E-state index in [-0.39, 0.29) is 23.1 Å². The molecule has 11 nitrogen and oxygen atoms in total. The van der Waals surface area contributed by atoms with Crippen LogP contribution in [0.1, 0.15) is 82.8 Å². The molecule has 0 saturated carbocycles. The average molecular weight is 847 g/mol. The molecule has 2 aliphatic rings. The molecule has 0 atom stereocenters. The van der Waals surface area contributed by atoms with E-state index in [0.717, 1.165) is 130 Å². The van der Waals surface area contributed by atoms with E-state index in [0.29, 0.717) is 26.3 Å². The maximum atomic E-state index is 13.1. The lowest BCUT2D eigenvalue weighted by molar-refractivity contribution is -0.159. The van der Waals surface area contributed by atoms with Crippen LogP contribution in [0.25, 0.3) is 21.8 Å². The Morgan fingerprint density at radius 2 is 1.18 bits per heavy atom. The minimum absolute atomic E-state index is 0.0153. The van der Waals surface area contributed by atoms with Crippen LogP contribution in [0.2, 0.25) is 0 Å². The molecule has 332 valence electrons. The van der Waals surface area contributed by atoms with Crippen molar-refractivity contribution in [2.75, 3.05) is 53.0 Å². The van der Waals surface area contributed by atoms with Gasteiger partial charge in [0.25, 0.3) is 11.1 Å². The largest absolute Gasteiger partial charge is 0.497 e. The average Bonchev–Trinajstić information content (AvgIpc) is 3.29. The number of fused-ring (bicyclic) bond motifs is 2. The van der Waals surface area contributed by atoms with Gasteiger partial charge in [0, 0.05) is 31.3 Å². The third-order valence-corrected chi connectivity index (χ3v) is 13.0. The molecule has 2 fully saturated rings. The summed E-state index contributed by atoms with van der Waals surface area (Å²) in [6, 6.07) is 29.5. The predicted octanol–water partition coefficient (Wildman–Crippen LogP) is 8.09. The van der Waals surface area contributed by atoms with Gasteiger partial charge in [-0.1, -0.05) is 42.5 Å². The molecule has 0 amide bonds. The topological polar surface area (TPSA) is 121 Å². The van der Waals surface area contributed by atoms with Gasteiger partial charge in [0.05, 0.1) is 42.2 Å². The monoisotopic (exact) mass is 846 g/mol. The number of pyridine rings is 2. The summed E-state index contributed by atoms with van der Waals surface area (Å²) in [5, 5.41) is 5.38. The summed E-state index contributed by atoms with van der Waals surface area (Å²) >= 11 is 0. The second-order valence-electron chi connectivity index (χ2n) is 17.0. The van der Waals surface area contributed by atoms with E-state index in [1.165, 1.54) is 5.56 Å². The summed E-state index contributed by atoms with van der Waals surface area (Å²) < 4.78 is 19.8. The molecule has 2 aromatic heterocycles. The zero-order valence-electron chi connectivity index (χ0n) is 37.3. The predicted molar refractivity (Wildman–Crippen MR) is 247 cm³/mol. The van der Waals surface area contributed by atoms with Gasteiger partial charge < -0.3 is 33.6 Å². The highest BCUT2D eigenvalue weighted by Crippen LogP contribution is 2.39. The number of likely N-dealkylation sites (tertiary alicyclic amines) is 1. The van der Waals surface area contributed by atoms with E-state index >= 15 is 0 Å². The number of nitrogens with zero attached hydrogens (tertiary/aromatic N) is 3. The van der Waals surface area contributed by atoms with Gasteiger partial charge in [-0.2, -0.15) is 0 Å². The molecule has 11 heteroatoms. The van der Waals surface area contributed by atoms with Gasteiger partial charge in [-0.25, -0.2) is 0 Å². The normalized spacial score (nSPS) is 16.0. The lowest BCUT2D eigenvalue weighted by Gasteiger charge is -2.40. The Balaban J connectivity index is 0.000000214. The zero-order chi connectivity index (χ0) is 44.0. The first kappa shape index (κ1) is 46.2. The Hall–Kier alpha value is -5.26. The van der Waals surface area contributed by atoms with Gasteiger partial charge in [0.1, 0.15) is 5.75 Å². The molecule has 1 N–H and O–H groups in total. The van der Waals surface area contributed by atoms with Crippen LogP contribution in [-0.4, -0.2) is 79.0 Å². The van der Waals surface area contributed by atoms with Crippen molar-refractivity contribution in [3.8, 4) is 5.75 Å². The van der Waals surface area contributed by atoms with Crippen LogP contribution in [0.5, 0.6) is 5.75 Å². The highest BCUT2D eigenvalue weighted by Gasteiger charge is 2.42. The summed E-state index contributed by atoms with van der Waals surface area (Å²) in [4.78, 5) is 53.3. The molecule has 2 aliphatic heterocycles. The Morgan fingerprint density at radius 3 is 1.74 bits per heavy atom. The molecule has 0 aliphatic carbocycles. The smallest absolute Gasteiger partial charge is 0.312 e. The van der Waals surface area contributed by atoms with Crippen molar-refractivity contribution in [1.29, 1.82) is 0 Å². The fraction of sp³-hybridized carbons (Fsp3) is 0.490. The minimum Gasteiger partial charge on any atom is -0.497 e. The second kappa shape index (κ2) is 22.2. The number of methoxy groups -OCH3 is 1. The Labute approximate surface area is 366 Å². The summed E-state index contributed by atoms with van der Waals surface area (Å²) in [7, 11) is 1.62. The van der Waals surface area contributed by atoms with Crippen molar-refractivity contribution in [2.24, 2.45) is 10.8 Å². The second-order valence-corrected chi connectivity index (χ2v) is 17.0. The molecule has 5 aromatic rings. The number of hydrogen-bond acceptors (Lipinski definition) is 9. The molecule has 2 saturated heterocycles. The van der Waals surface area contributed by atoms with Crippen molar-refractivity contribution < 1.29 is 23.8 Å². The Kier molecular flexibility index (Phi) is 16.6. The number of carbonyl (C=O) groups excluding carboxylic acids is 2. The van der Waals surface area contributed by atoms with Crippen LogP contribution < -0.4 is 21.2 Å². The number of carbonyl (C=O) groups is 2. The van der Waals surface area contributed by atoms with Gasteiger partial charge >= 0.3 is 11.9 Å². The summed E-state index contributed by atoms with van der Waals surface area (Å²) in [6.07, 6.45) is 8.41. The highest BCUT2D eigenvalue weighted by molar-refractivity contribution is 5.81. The number of aromatic nitrogens is 2. The van der Waals surface area contributed by atoms with Crippen LogP contribution in [0.15, 0.2) is 101 Å². The number of nitrogens with one attached hydrogen (secondary N) is 1. The van der Waals surface area contributed by atoms with Gasteiger partial charge in [0.15, 0.2) is 0 Å². The molecule has 0 unspecified atom stereocenters. The molecule has 7 rings (SSSR count). The third kappa shape index (κ3) is 11.6. The third-order valence-electron chi connectivity index (χ3n) is 13.0. The number of aryl methyl sites for hydroxylation is 4. The fourth-order valence-electron chi connectivity index (χ4n) is 9.35. The minimum atomic E-state index is -0.448. The van der Waals surface area contributed by atoms with E-state index in [1.807, 2.05) is 55.7 Å². The zero-order valence-corrected chi connectivity index (χ0v) is 37.3. The number of rotatable bonds is 17. The van der Waals surface area contributed by atoms with Crippen LogP contribution in [-0.2, 0) is 38.6 Å². The molecule has 3 aromatic carbocycles. The number of benzene rings is 3. The first-order chi connectivity index (χ1) is 30.1. The molecule has 0 bridgehead atoms. The quantitative estimate of drug-likeness (QED) is 0.0927. The highest BCUT2D eigenvalue weighted by atomic mass is 16.5.